The molecule has 1 aliphatic rings. The average Bonchev–Trinajstić information content (AvgIpc) is 2.90. The van der Waals surface area contributed by atoms with Crippen LogP contribution in [-0.2, 0) is 15.9 Å². The highest BCUT2D eigenvalue weighted by molar-refractivity contribution is 6.61. The maximum Gasteiger partial charge on any atom is 0.498 e. The molecule has 110 valence electrons. The van der Waals surface area contributed by atoms with Gasteiger partial charge in [-0.3, -0.25) is 4.68 Å². The van der Waals surface area contributed by atoms with Crippen molar-refractivity contribution >= 4 is 12.6 Å². The Balaban J connectivity index is 2.11. The molecule has 0 aromatic carbocycles. The minimum absolute atomic E-state index is 0.308. The number of aromatic nitrogens is 2. The molecule has 1 aliphatic heterocycles. The molecule has 5 heteroatoms. The molecule has 0 saturated carbocycles. The van der Waals surface area contributed by atoms with Crippen molar-refractivity contribution in [3.8, 4) is 0 Å². The molecule has 0 aliphatic carbocycles. The highest BCUT2D eigenvalue weighted by atomic mass is 16.7. The second kappa shape index (κ2) is 5.37. The van der Waals surface area contributed by atoms with Crippen LogP contribution < -0.4 is 5.46 Å². The molecule has 0 N–H and O–H groups in total. The van der Waals surface area contributed by atoms with E-state index in [1.807, 2.05) is 17.1 Å². The second-order valence-electron chi connectivity index (χ2n) is 6.36. The lowest BCUT2D eigenvalue weighted by Gasteiger charge is -2.32. The molecule has 1 aromatic rings. The average molecular weight is 276 g/mol. The Morgan fingerprint density at radius 2 is 1.90 bits per heavy atom. The van der Waals surface area contributed by atoms with Crippen molar-refractivity contribution in [2.24, 2.45) is 0 Å². The standard InChI is InChI=1S/C15H25BN2O2/c1-7-12(8-2)10-18-11-13(9-17-18)16-19-14(3,4)15(5,6)20-16/h7,9,11H,8,10H2,1-6H3. The first kappa shape index (κ1) is 15.3. The largest absolute Gasteiger partial charge is 0.498 e. The lowest BCUT2D eigenvalue weighted by atomic mass is 9.82. The van der Waals surface area contributed by atoms with E-state index < -0.39 is 0 Å². The van der Waals surface area contributed by atoms with E-state index in [4.69, 9.17) is 9.31 Å². The van der Waals surface area contributed by atoms with Gasteiger partial charge in [-0.2, -0.15) is 5.10 Å². The van der Waals surface area contributed by atoms with Gasteiger partial charge in [-0.15, -0.1) is 0 Å². The number of allylic oxidation sites excluding steroid dienone is 2. The number of rotatable bonds is 4. The van der Waals surface area contributed by atoms with E-state index in [-0.39, 0.29) is 18.3 Å². The molecule has 2 rings (SSSR count). The van der Waals surface area contributed by atoms with Gasteiger partial charge in [0.25, 0.3) is 0 Å². The van der Waals surface area contributed by atoms with Crippen molar-refractivity contribution in [1.82, 2.24) is 9.78 Å². The third kappa shape index (κ3) is 2.84. The molecular weight excluding hydrogens is 251 g/mol. The van der Waals surface area contributed by atoms with E-state index in [0.717, 1.165) is 18.4 Å². The second-order valence-corrected chi connectivity index (χ2v) is 6.36. The lowest BCUT2D eigenvalue weighted by Crippen LogP contribution is -2.41. The highest BCUT2D eigenvalue weighted by Crippen LogP contribution is 2.36. The molecule has 1 fully saturated rings. The molecule has 0 bridgehead atoms. The van der Waals surface area contributed by atoms with E-state index in [2.05, 4.69) is 52.7 Å². The van der Waals surface area contributed by atoms with Crippen LogP contribution in [0.3, 0.4) is 0 Å². The fourth-order valence-corrected chi connectivity index (χ4v) is 2.18. The van der Waals surface area contributed by atoms with Gasteiger partial charge < -0.3 is 9.31 Å². The van der Waals surface area contributed by atoms with Crippen molar-refractivity contribution in [1.29, 1.82) is 0 Å². The first-order chi connectivity index (χ1) is 9.29. The lowest BCUT2D eigenvalue weighted by molar-refractivity contribution is 0.00578. The molecule has 0 spiro atoms. The third-order valence-electron chi connectivity index (χ3n) is 4.41. The van der Waals surface area contributed by atoms with Crippen LogP contribution in [0.4, 0.5) is 0 Å². The van der Waals surface area contributed by atoms with Crippen LogP contribution in [0.1, 0.15) is 48.0 Å². The van der Waals surface area contributed by atoms with Crippen LogP contribution in [0.15, 0.2) is 24.0 Å². The summed E-state index contributed by atoms with van der Waals surface area (Å²) in [5, 5.41) is 4.41. The minimum atomic E-state index is -0.329. The molecule has 0 amide bonds. The van der Waals surface area contributed by atoms with Gasteiger partial charge in [0.1, 0.15) is 0 Å². The Bertz CT molecular complexity index is 490. The van der Waals surface area contributed by atoms with Gasteiger partial charge in [0.15, 0.2) is 0 Å². The topological polar surface area (TPSA) is 36.3 Å². The summed E-state index contributed by atoms with van der Waals surface area (Å²) >= 11 is 0. The molecule has 20 heavy (non-hydrogen) atoms. The number of nitrogens with zero attached hydrogens (tertiary/aromatic N) is 2. The normalized spacial score (nSPS) is 21.5. The van der Waals surface area contributed by atoms with E-state index in [9.17, 15) is 0 Å². The zero-order valence-electron chi connectivity index (χ0n) is 13.4. The van der Waals surface area contributed by atoms with Gasteiger partial charge in [-0.25, -0.2) is 0 Å². The molecule has 0 atom stereocenters. The molecule has 0 radical (unpaired) electrons. The summed E-state index contributed by atoms with van der Waals surface area (Å²) < 4.78 is 14.0. The Morgan fingerprint density at radius 3 is 2.40 bits per heavy atom. The van der Waals surface area contributed by atoms with Crippen molar-refractivity contribution in [2.75, 3.05) is 0 Å². The van der Waals surface area contributed by atoms with E-state index in [0.29, 0.717) is 0 Å². The first-order valence-corrected chi connectivity index (χ1v) is 7.31. The number of hydrogen-bond acceptors (Lipinski definition) is 3. The third-order valence-corrected chi connectivity index (χ3v) is 4.41. The molecule has 2 heterocycles. The molecule has 1 saturated heterocycles. The quantitative estimate of drug-likeness (QED) is 0.626. The summed E-state index contributed by atoms with van der Waals surface area (Å²) in [7, 11) is -0.329. The summed E-state index contributed by atoms with van der Waals surface area (Å²) in [6, 6.07) is 0. The maximum atomic E-state index is 6.03. The summed E-state index contributed by atoms with van der Waals surface area (Å²) in [6.45, 7) is 13.3. The molecular formula is C15H25BN2O2. The minimum Gasteiger partial charge on any atom is -0.399 e. The van der Waals surface area contributed by atoms with Crippen LogP contribution >= 0.6 is 0 Å². The smallest absolute Gasteiger partial charge is 0.399 e. The van der Waals surface area contributed by atoms with Crippen LogP contribution in [0.5, 0.6) is 0 Å². The van der Waals surface area contributed by atoms with E-state index in [1.165, 1.54) is 5.57 Å². The van der Waals surface area contributed by atoms with Crippen LogP contribution in [-0.4, -0.2) is 28.1 Å². The van der Waals surface area contributed by atoms with Crippen LogP contribution in [0.25, 0.3) is 0 Å². The predicted molar refractivity (Wildman–Crippen MR) is 82.0 cm³/mol. The highest BCUT2D eigenvalue weighted by Gasteiger charge is 2.52. The van der Waals surface area contributed by atoms with Gasteiger partial charge in [0.2, 0.25) is 0 Å². The van der Waals surface area contributed by atoms with Crippen LogP contribution in [0.2, 0.25) is 0 Å². The zero-order chi connectivity index (χ0) is 15.0. The molecule has 1 aromatic heterocycles. The first-order valence-electron chi connectivity index (χ1n) is 7.31. The van der Waals surface area contributed by atoms with E-state index in [1.54, 1.807) is 0 Å². The SMILES string of the molecule is CC=C(CC)Cn1cc(B2OC(C)(C)C(C)(C)O2)cn1. The van der Waals surface area contributed by atoms with Crippen LogP contribution in [0, 0.1) is 0 Å². The Hall–Kier alpha value is -1.07. The van der Waals surface area contributed by atoms with Gasteiger partial charge in [-0.05, 0) is 41.0 Å². The van der Waals surface area contributed by atoms with Gasteiger partial charge in [0.05, 0.1) is 17.7 Å². The van der Waals surface area contributed by atoms with Gasteiger partial charge in [0, 0.05) is 17.9 Å². The molecule has 0 unspecified atom stereocenters. The van der Waals surface area contributed by atoms with Gasteiger partial charge >= 0.3 is 7.12 Å². The fourth-order valence-electron chi connectivity index (χ4n) is 2.18. The van der Waals surface area contributed by atoms with Crippen molar-refractivity contribution in [2.45, 2.75) is 65.7 Å². The Kier molecular flexibility index (Phi) is 4.12. The van der Waals surface area contributed by atoms with Gasteiger partial charge in [-0.1, -0.05) is 18.6 Å². The predicted octanol–water partition coefficient (Wildman–Crippen LogP) is 2.54. The monoisotopic (exact) mass is 276 g/mol. The van der Waals surface area contributed by atoms with E-state index >= 15 is 0 Å². The zero-order valence-corrected chi connectivity index (χ0v) is 13.4. The fraction of sp³-hybridized carbons (Fsp3) is 0.667. The maximum absolute atomic E-state index is 6.03. The summed E-state index contributed by atoms with van der Waals surface area (Å²) in [5.74, 6) is 0. The van der Waals surface area contributed by atoms with Crippen molar-refractivity contribution in [3.63, 3.8) is 0 Å². The number of hydrogen-bond donors (Lipinski definition) is 0. The molecule has 4 nitrogen and oxygen atoms in total. The summed E-state index contributed by atoms with van der Waals surface area (Å²) in [4.78, 5) is 0. The van der Waals surface area contributed by atoms with Crippen molar-refractivity contribution in [3.05, 3.63) is 24.0 Å². The summed E-state index contributed by atoms with van der Waals surface area (Å²) in [6.07, 6.45) is 7.05. The van der Waals surface area contributed by atoms with Crippen molar-refractivity contribution < 1.29 is 9.31 Å². The summed E-state index contributed by atoms with van der Waals surface area (Å²) in [5.41, 5.74) is 1.73. The Morgan fingerprint density at radius 1 is 1.30 bits per heavy atom. The Labute approximate surface area is 122 Å².